The summed E-state index contributed by atoms with van der Waals surface area (Å²) in [6, 6.07) is 9.73. The number of nitrogens with zero attached hydrogens (tertiary/aromatic N) is 2. The summed E-state index contributed by atoms with van der Waals surface area (Å²) < 4.78 is 66.4. The minimum atomic E-state index is -3.88. The van der Waals surface area contributed by atoms with Gasteiger partial charge in [0.05, 0.1) is 30.9 Å². The van der Waals surface area contributed by atoms with Crippen LogP contribution in [0.2, 0.25) is 0 Å². The number of fused-ring (bicyclic) bond motifs is 1. The van der Waals surface area contributed by atoms with Gasteiger partial charge in [-0.15, -0.1) is 0 Å². The average molecular weight is 467 g/mol. The number of rotatable bonds is 5. The molecule has 10 heteroatoms. The molecule has 0 aliphatic carbocycles. The highest BCUT2D eigenvalue weighted by atomic mass is 32.2. The first-order chi connectivity index (χ1) is 14.7. The third-order valence-corrected chi connectivity index (χ3v) is 9.35. The molecule has 2 aromatic rings. The molecule has 1 fully saturated rings. The second-order valence-electron chi connectivity index (χ2n) is 7.64. The number of anilines is 1. The second kappa shape index (κ2) is 8.42. The fourth-order valence-corrected chi connectivity index (χ4v) is 7.23. The van der Waals surface area contributed by atoms with Crippen LogP contribution in [0.5, 0.6) is 5.75 Å². The molecule has 8 nitrogen and oxygen atoms in total. The third-order valence-electron chi connectivity index (χ3n) is 5.62. The molecule has 2 aliphatic heterocycles. The van der Waals surface area contributed by atoms with Crippen molar-refractivity contribution in [1.29, 1.82) is 0 Å². The van der Waals surface area contributed by atoms with Crippen molar-refractivity contribution in [2.75, 3.05) is 44.3 Å². The maximum Gasteiger partial charge on any atom is 0.268 e. The maximum absolute atomic E-state index is 13.5. The molecule has 0 amide bonds. The van der Waals surface area contributed by atoms with Crippen LogP contribution >= 0.6 is 0 Å². The van der Waals surface area contributed by atoms with Crippen LogP contribution in [0, 0.1) is 6.92 Å². The monoisotopic (exact) mass is 466 g/mol. The predicted octanol–water partition coefficient (Wildman–Crippen LogP) is 2.17. The zero-order valence-electron chi connectivity index (χ0n) is 17.6. The molecule has 0 atom stereocenters. The van der Waals surface area contributed by atoms with Gasteiger partial charge in [0.25, 0.3) is 10.0 Å². The van der Waals surface area contributed by atoms with Crippen LogP contribution in [-0.2, 0) is 31.2 Å². The van der Waals surface area contributed by atoms with Crippen LogP contribution in [0.3, 0.4) is 0 Å². The Balaban J connectivity index is 1.73. The Kier molecular flexibility index (Phi) is 5.99. The zero-order valence-corrected chi connectivity index (χ0v) is 19.2. The number of ether oxygens (including phenoxy) is 2. The van der Waals surface area contributed by atoms with Gasteiger partial charge in [-0.05, 0) is 61.2 Å². The molecule has 2 heterocycles. The summed E-state index contributed by atoms with van der Waals surface area (Å²) in [6.45, 7) is 3.51. The number of aryl methyl sites for hydroxylation is 2. The van der Waals surface area contributed by atoms with E-state index in [0.29, 0.717) is 56.9 Å². The molecule has 0 saturated carbocycles. The van der Waals surface area contributed by atoms with Gasteiger partial charge in [0.1, 0.15) is 10.6 Å². The Hall–Kier alpha value is -2.14. The molecule has 168 valence electrons. The van der Waals surface area contributed by atoms with Crippen LogP contribution in [0.4, 0.5) is 5.69 Å². The lowest BCUT2D eigenvalue weighted by Gasteiger charge is -2.32. The van der Waals surface area contributed by atoms with E-state index in [9.17, 15) is 16.8 Å². The maximum atomic E-state index is 13.5. The van der Waals surface area contributed by atoms with Crippen molar-refractivity contribution in [2.24, 2.45) is 0 Å². The van der Waals surface area contributed by atoms with E-state index in [0.717, 1.165) is 5.56 Å². The summed E-state index contributed by atoms with van der Waals surface area (Å²) in [5.41, 5.74) is 2.02. The first kappa shape index (κ1) is 22.1. The first-order valence-electron chi connectivity index (χ1n) is 10.1. The van der Waals surface area contributed by atoms with Gasteiger partial charge in [0.2, 0.25) is 10.0 Å². The predicted molar refractivity (Wildman–Crippen MR) is 117 cm³/mol. The van der Waals surface area contributed by atoms with Gasteiger partial charge < -0.3 is 9.47 Å². The summed E-state index contributed by atoms with van der Waals surface area (Å²) in [5, 5.41) is 0. The number of hydrogen-bond acceptors (Lipinski definition) is 6. The Morgan fingerprint density at radius 3 is 2.39 bits per heavy atom. The second-order valence-corrected chi connectivity index (χ2v) is 11.4. The molecule has 0 N–H and O–H groups in total. The van der Waals surface area contributed by atoms with Gasteiger partial charge in [-0.2, -0.15) is 4.31 Å². The summed E-state index contributed by atoms with van der Waals surface area (Å²) >= 11 is 0. The quantitative estimate of drug-likeness (QED) is 0.671. The molecule has 1 saturated heterocycles. The minimum Gasteiger partial charge on any atom is -0.495 e. The number of hydrogen-bond donors (Lipinski definition) is 0. The zero-order chi connectivity index (χ0) is 22.2. The van der Waals surface area contributed by atoms with E-state index < -0.39 is 20.0 Å². The molecule has 31 heavy (non-hydrogen) atoms. The molecule has 0 unspecified atom stereocenters. The lowest BCUT2D eigenvalue weighted by molar-refractivity contribution is 0.0730. The fourth-order valence-electron chi connectivity index (χ4n) is 3.99. The minimum absolute atomic E-state index is 0.105. The molecule has 0 spiro atoms. The van der Waals surface area contributed by atoms with E-state index in [1.54, 1.807) is 30.3 Å². The summed E-state index contributed by atoms with van der Waals surface area (Å²) in [5.74, 6) is 0.282. The van der Waals surface area contributed by atoms with E-state index in [1.165, 1.54) is 21.8 Å². The largest absolute Gasteiger partial charge is 0.495 e. The Morgan fingerprint density at radius 2 is 1.68 bits per heavy atom. The van der Waals surface area contributed by atoms with Crippen molar-refractivity contribution in [3.8, 4) is 5.75 Å². The topological polar surface area (TPSA) is 93.2 Å². The molecule has 0 radical (unpaired) electrons. The van der Waals surface area contributed by atoms with Crippen molar-refractivity contribution >= 4 is 25.7 Å². The van der Waals surface area contributed by atoms with E-state index in [2.05, 4.69) is 0 Å². The van der Waals surface area contributed by atoms with E-state index in [1.807, 2.05) is 6.92 Å². The van der Waals surface area contributed by atoms with Gasteiger partial charge in [-0.1, -0.05) is 6.07 Å². The summed E-state index contributed by atoms with van der Waals surface area (Å²) in [7, 11) is -6.09. The Bertz CT molecular complexity index is 1190. The molecule has 4 rings (SSSR count). The highest BCUT2D eigenvalue weighted by Crippen LogP contribution is 2.36. The highest BCUT2D eigenvalue weighted by Gasteiger charge is 2.33. The molecule has 2 aromatic carbocycles. The van der Waals surface area contributed by atoms with Gasteiger partial charge in [-0.3, -0.25) is 4.31 Å². The van der Waals surface area contributed by atoms with Crippen LogP contribution < -0.4 is 9.04 Å². The Morgan fingerprint density at radius 1 is 0.935 bits per heavy atom. The first-order valence-corrected chi connectivity index (χ1v) is 13.0. The molecular weight excluding hydrogens is 440 g/mol. The molecular formula is C21H26N2O6S2. The Labute approximate surface area is 183 Å². The van der Waals surface area contributed by atoms with Crippen molar-refractivity contribution in [3.05, 3.63) is 47.5 Å². The number of methoxy groups -OCH3 is 1. The van der Waals surface area contributed by atoms with Gasteiger partial charge in [0.15, 0.2) is 0 Å². The standard InChI is InChI=1S/C21H26N2O6S2/c1-16-5-8-20(28-2)21(14-16)31(26,27)23-9-3-4-17-15-18(6-7-19(17)23)30(24,25)22-10-12-29-13-11-22/h5-8,14-15H,3-4,9-13H2,1-2H3. The van der Waals surface area contributed by atoms with Crippen LogP contribution in [0.15, 0.2) is 46.2 Å². The fraction of sp³-hybridized carbons (Fsp3) is 0.429. The van der Waals surface area contributed by atoms with E-state index in [-0.39, 0.29) is 15.5 Å². The van der Waals surface area contributed by atoms with E-state index >= 15 is 0 Å². The van der Waals surface area contributed by atoms with Crippen LogP contribution in [0.25, 0.3) is 0 Å². The van der Waals surface area contributed by atoms with Crippen molar-refractivity contribution in [3.63, 3.8) is 0 Å². The van der Waals surface area contributed by atoms with E-state index in [4.69, 9.17) is 9.47 Å². The third kappa shape index (κ3) is 4.05. The van der Waals surface area contributed by atoms with Crippen molar-refractivity contribution in [2.45, 2.75) is 29.6 Å². The molecule has 2 aliphatic rings. The number of sulfonamides is 2. The van der Waals surface area contributed by atoms with Crippen LogP contribution in [-0.4, -0.2) is 61.1 Å². The van der Waals surface area contributed by atoms with Gasteiger partial charge in [-0.25, -0.2) is 16.8 Å². The SMILES string of the molecule is COc1ccc(C)cc1S(=O)(=O)N1CCCc2cc(S(=O)(=O)N3CCOCC3)ccc21. The van der Waals surface area contributed by atoms with Gasteiger partial charge in [0, 0.05) is 19.6 Å². The normalized spacial score (nSPS) is 17.9. The van der Waals surface area contributed by atoms with Crippen molar-refractivity contribution in [1.82, 2.24) is 4.31 Å². The molecule has 0 aromatic heterocycles. The molecule has 0 bridgehead atoms. The van der Waals surface area contributed by atoms with Crippen molar-refractivity contribution < 1.29 is 26.3 Å². The van der Waals surface area contributed by atoms with Gasteiger partial charge >= 0.3 is 0 Å². The summed E-state index contributed by atoms with van der Waals surface area (Å²) in [4.78, 5) is 0.286. The van der Waals surface area contributed by atoms with Crippen LogP contribution in [0.1, 0.15) is 17.5 Å². The number of morpholine rings is 1. The summed E-state index contributed by atoms with van der Waals surface area (Å²) in [6.07, 6.45) is 1.21. The number of benzene rings is 2. The smallest absolute Gasteiger partial charge is 0.268 e. The lowest BCUT2D eigenvalue weighted by Crippen LogP contribution is -2.40. The highest BCUT2D eigenvalue weighted by molar-refractivity contribution is 7.93. The average Bonchev–Trinajstić information content (AvgIpc) is 2.78. The lowest BCUT2D eigenvalue weighted by atomic mass is 10.0.